The highest BCUT2D eigenvalue weighted by molar-refractivity contribution is 8.26. The maximum atomic E-state index is 13.1. The largest absolute Gasteiger partial charge is 0.293 e. The first-order valence-electron chi connectivity index (χ1n) is 11.1. The van der Waals surface area contributed by atoms with Gasteiger partial charge >= 0.3 is 0 Å². The number of benzene rings is 2. The van der Waals surface area contributed by atoms with Gasteiger partial charge < -0.3 is 0 Å². The zero-order valence-corrected chi connectivity index (χ0v) is 20.3. The number of hydrogen-bond acceptors (Lipinski definition) is 6. The number of thiocarbonyl (C=S) groups is 1. The highest BCUT2D eigenvalue weighted by Crippen LogP contribution is 2.35. The topological polar surface area (TPSA) is 81.3 Å². The van der Waals surface area contributed by atoms with Crippen LogP contribution in [-0.2, 0) is 4.79 Å². The molecule has 0 N–H and O–H groups in total. The Morgan fingerprint density at radius 3 is 2.50 bits per heavy atom. The Hall–Kier alpha value is -3.30. The van der Waals surface area contributed by atoms with Crippen LogP contribution in [0.25, 0.3) is 23.0 Å². The lowest BCUT2D eigenvalue weighted by Gasteiger charge is -2.13. The van der Waals surface area contributed by atoms with E-state index >= 15 is 0 Å². The van der Waals surface area contributed by atoms with E-state index in [0.717, 1.165) is 42.5 Å². The van der Waals surface area contributed by atoms with Gasteiger partial charge in [-0.2, -0.15) is 5.10 Å². The quantitative estimate of drug-likeness (QED) is 0.116. The summed E-state index contributed by atoms with van der Waals surface area (Å²) in [4.78, 5) is 25.9. The zero-order valence-electron chi connectivity index (χ0n) is 18.7. The molecule has 1 amide bonds. The molecule has 7 nitrogen and oxygen atoms in total. The summed E-state index contributed by atoms with van der Waals surface area (Å²) in [6, 6.07) is 15.9. The molecule has 2 heterocycles. The van der Waals surface area contributed by atoms with Gasteiger partial charge in [-0.25, -0.2) is 4.68 Å². The van der Waals surface area contributed by atoms with E-state index < -0.39 is 4.92 Å². The van der Waals surface area contributed by atoms with Crippen LogP contribution >= 0.6 is 24.0 Å². The monoisotopic (exact) mass is 492 g/mol. The molecule has 0 saturated carbocycles. The molecule has 1 aliphatic rings. The zero-order chi connectivity index (χ0) is 24.1. The van der Waals surface area contributed by atoms with Crippen LogP contribution in [0.1, 0.15) is 38.2 Å². The summed E-state index contributed by atoms with van der Waals surface area (Å²) < 4.78 is 2.31. The fourth-order valence-electron chi connectivity index (χ4n) is 3.70. The molecule has 0 atom stereocenters. The first-order valence-corrected chi connectivity index (χ1v) is 12.4. The van der Waals surface area contributed by atoms with Gasteiger partial charge in [0.2, 0.25) is 0 Å². The number of hydrogen-bond donors (Lipinski definition) is 0. The first-order chi connectivity index (χ1) is 16.5. The summed E-state index contributed by atoms with van der Waals surface area (Å²) in [5.74, 6) is -0.0893. The lowest BCUT2D eigenvalue weighted by molar-refractivity contribution is -0.384. The highest BCUT2D eigenvalue weighted by atomic mass is 32.2. The first kappa shape index (κ1) is 23.8. The lowest BCUT2D eigenvalue weighted by Crippen LogP contribution is -2.29. The van der Waals surface area contributed by atoms with Crippen LogP contribution in [0.3, 0.4) is 0 Å². The van der Waals surface area contributed by atoms with Crippen molar-refractivity contribution in [2.75, 3.05) is 6.54 Å². The van der Waals surface area contributed by atoms with Crippen LogP contribution < -0.4 is 0 Å². The molecular weight excluding hydrogens is 468 g/mol. The molecule has 4 rings (SSSR count). The number of thioether (sulfide) groups is 1. The van der Waals surface area contributed by atoms with Crippen LogP contribution in [0, 0.1) is 10.1 Å². The number of unbranched alkanes of at least 4 members (excludes halogenated alkanes) is 3. The summed E-state index contributed by atoms with van der Waals surface area (Å²) in [7, 11) is 0. The van der Waals surface area contributed by atoms with Crippen molar-refractivity contribution < 1.29 is 9.72 Å². The van der Waals surface area contributed by atoms with Crippen LogP contribution in [0.15, 0.2) is 65.7 Å². The normalized spacial score (nSPS) is 14.9. The van der Waals surface area contributed by atoms with Gasteiger partial charge in [0, 0.05) is 36.0 Å². The lowest BCUT2D eigenvalue weighted by atomic mass is 10.1. The molecule has 0 bridgehead atoms. The van der Waals surface area contributed by atoms with Crippen LogP contribution in [0.5, 0.6) is 0 Å². The smallest absolute Gasteiger partial charge is 0.269 e. The second-order valence-corrected chi connectivity index (χ2v) is 9.59. The van der Waals surface area contributed by atoms with Gasteiger partial charge in [-0.15, -0.1) is 0 Å². The minimum Gasteiger partial charge on any atom is -0.293 e. The molecular formula is C25H24N4O3S2. The number of carbonyl (C=O) groups is 1. The SMILES string of the molecule is CCCCCCN1C(=O)/C(=C/c2cn(-c3ccccc3)nc2-c2ccc([N+](=O)[O-])cc2)SC1=S. The van der Waals surface area contributed by atoms with Crippen LogP contribution in [-0.4, -0.2) is 36.4 Å². The number of non-ortho nitro benzene ring substituents is 1. The minimum absolute atomic E-state index is 0.0109. The molecule has 2 aromatic carbocycles. The molecule has 34 heavy (non-hydrogen) atoms. The molecule has 0 radical (unpaired) electrons. The molecule has 174 valence electrons. The molecule has 1 saturated heterocycles. The van der Waals surface area contributed by atoms with Crippen molar-refractivity contribution in [3.05, 3.63) is 81.4 Å². The van der Waals surface area contributed by atoms with Crippen molar-refractivity contribution in [3.63, 3.8) is 0 Å². The number of carbonyl (C=O) groups excluding carboxylic acids is 1. The molecule has 0 spiro atoms. The Morgan fingerprint density at radius 1 is 1.09 bits per heavy atom. The van der Waals surface area contributed by atoms with Gasteiger partial charge in [-0.1, -0.05) is 68.4 Å². The van der Waals surface area contributed by atoms with E-state index in [-0.39, 0.29) is 11.6 Å². The van der Waals surface area contributed by atoms with E-state index in [1.807, 2.05) is 42.6 Å². The van der Waals surface area contributed by atoms with Crippen molar-refractivity contribution in [3.8, 4) is 16.9 Å². The summed E-state index contributed by atoms with van der Waals surface area (Å²) in [5, 5.41) is 15.8. The maximum absolute atomic E-state index is 13.1. The molecule has 3 aromatic rings. The van der Waals surface area contributed by atoms with E-state index in [9.17, 15) is 14.9 Å². The molecule has 9 heteroatoms. The number of nitro benzene ring substituents is 1. The predicted molar refractivity (Wildman–Crippen MR) is 140 cm³/mol. The number of aromatic nitrogens is 2. The summed E-state index contributed by atoms with van der Waals surface area (Å²) in [6.45, 7) is 2.78. The van der Waals surface area contributed by atoms with Crippen molar-refractivity contribution in [2.24, 2.45) is 0 Å². The van der Waals surface area contributed by atoms with E-state index in [1.165, 1.54) is 23.9 Å². The van der Waals surface area contributed by atoms with Gasteiger partial charge in [0.15, 0.2) is 0 Å². The molecule has 0 unspecified atom stereocenters. The van der Waals surface area contributed by atoms with Crippen LogP contribution in [0.4, 0.5) is 5.69 Å². The third kappa shape index (κ3) is 5.26. The van der Waals surface area contributed by atoms with E-state index in [0.29, 0.717) is 21.5 Å². The van der Waals surface area contributed by atoms with Crippen molar-refractivity contribution in [1.82, 2.24) is 14.7 Å². The molecule has 1 fully saturated rings. The summed E-state index contributed by atoms with van der Waals surface area (Å²) in [6.07, 6.45) is 7.94. The number of nitro groups is 1. The van der Waals surface area contributed by atoms with E-state index in [1.54, 1.807) is 21.7 Å². The minimum atomic E-state index is -0.431. The molecule has 1 aromatic heterocycles. The Kier molecular flexibility index (Phi) is 7.54. The van der Waals surface area contributed by atoms with E-state index in [2.05, 4.69) is 6.92 Å². The second kappa shape index (κ2) is 10.8. The van der Waals surface area contributed by atoms with Gasteiger partial charge in [-0.05, 0) is 36.8 Å². The Balaban J connectivity index is 1.68. The Bertz CT molecular complexity index is 1240. The van der Waals surface area contributed by atoms with Crippen LogP contribution in [0.2, 0.25) is 0 Å². The third-order valence-corrected chi connectivity index (χ3v) is 6.89. The predicted octanol–water partition coefficient (Wildman–Crippen LogP) is 6.23. The Morgan fingerprint density at radius 2 is 1.82 bits per heavy atom. The van der Waals surface area contributed by atoms with Crippen molar-refractivity contribution in [1.29, 1.82) is 0 Å². The highest BCUT2D eigenvalue weighted by Gasteiger charge is 2.32. The second-order valence-electron chi connectivity index (χ2n) is 7.91. The number of nitrogens with zero attached hydrogens (tertiary/aromatic N) is 4. The average molecular weight is 493 g/mol. The van der Waals surface area contributed by atoms with Crippen molar-refractivity contribution >= 4 is 46.0 Å². The van der Waals surface area contributed by atoms with Gasteiger partial charge in [-0.3, -0.25) is 19.8 Å². The number of amides is 1. The summed E-state index contributed by atoms with van der Waals surface area (Å²) >= 11 is 6.78. The average Bonchev–Trinajstić information content (AvgIpc) is 3.38. The van der Waals surface area contributed by atoms with Gasteiger partial charge in [0.1, 0.15) is 4.32 Å². The summed E-state index contributed by atoms with van der Waals surface area (Å²) in [5.41, 5.74) is 2.98. The maximum Gasteiger partial charge on any atom is 0.269 e. The van der Waals surface area contributed by atoms with Gasteiger partial charge in [0.05, 0.1) is 21.2 Å². The standard InChI is InChI=1S/C25H24N4O3S2/c1-2-3-4-8-15-27-24(30)22(34-25(27)33)16-19-17-28(20-9-6-5-7-10-20)26-23(19)18-11-13-21(14-12-18)29(31)32/h5-7,9-14,16-17H,2-4,8,15H2,1H3/b22-16-. The van der Waals surface area contributed by atoms with E-state index in [4.69, 9.17) is 17.3 Å². The molecule has 0 aliphatic carbocycles. The number of rotatable bonds is 9. The van der Waals surface area contributed by atoms with Crippen molar-refractivity contribution in [2.45, 2.75) is 32.6 Å². The number of para-hydroxylation sites is 1. The fourth-order valence-corrected chi connectivity index (χ4v) is 5.00. The fraction of sp³-hybridized carbons (Fsp3) is 0.240. The molecule has 1 aliphatic heterocycles. The third-order valence-electron chi connectivity index (χ3n) is 5.51. The Labute approximate surface area is 207 Å². The van der Waals surface area contributed by atoms with Gasteiger partial charge in [0.25, 0.3) is 11.6 Å².